The molecule has 0 N–H and O–H groups in total. The topological polar surface area (TPSA) is 70.0 Å². The van der Waals surface area contributed by atoms with Crippen molar-refractivity contribution in [3.63, 3.8) is 0 Å². The van der Waals surface area contributed by atoms with Crippen LogP contribution in [0, 0.1) is 5.82 Å². The van der Waals surface area contributed by atoms with Gasteiger partial charge in [0.2, 0.25) is 5.43 Å². The monoisotopic (exact) mass is 638 g/mol. The first kappa shape index (κ1) is 31.1. The molecule has 0 aliphatic carbocycles. The quantitative estimate of drug-likeness (QED) is 0.105. The Bertz CT molecular complexity index is 1570. The standard InChI is InChI=1S/C33H36BrFN2O5/c1-4-36(24-12-10-11-23(35)17-24)33(39)30-22-37(25-18-27(40-2)20-28(19-25)41-3)31-21-26(13-14-29(31)32(30)38)42-16-9-7-5-6-8-15-34/h10-14,17-22H,4-9,15-16H2,1-3H3. The molecule has 3 aromatic carbocycles. The van der Waals surface area contributed by atoms with Crippen molar-refractivity contribution >= 4 is 38.4 Å². The fourth-order valence-electron chi connectivity index (χ4n) is 4.84. The van der Waals surface area contributed by atoms with E-state index in [1.165, 1.54) is 42.1 Å². The van der Waals surface area contributed by atoms with Crippen molar-refractivity contribution in [3.05, 3.63) is 88.5 Å². The molecule has 0 radical (unpaired) electrons. The summed E-state index contributed by atoms with van der Waals surface area (Å²) in [6.07, 6.45) is 7.05. The number of hydrogen-bond donors (Lipinski definition) is 0. The van der Waals surface area contributed by atoms with Crippen molar-refractivity contribution < 1.29 is 23.4 Å². The van der Waals surface area contributed by atoms with E-state index in [0.717, 1.165) is 24.6 Å². The number of nitrogens with zero attached hydrogens (tertiary/aromatic N) is 2. The summed E-state index contributed by atoms with van der Waals surface area (Å²) >= 11 is 3.46. The molecule has 222 valence electrons. The van der Waals surface area contributed by atoms with Gasteiger partial charge in [-0.05, 0) is 50.1 Å². The van der Waals surface area contributed by atoms with Gasteiger partial charge in [0, 0.05) is 53.4 Å². The van der Waals surface area contributed by atoms with E-state index in [1.807, 2.05) is 6.07 Å². The van der Waals surface area contributed by atoms with Crippen LogP contribution >= 0.6 is 15.9 Å². The van der Waals surface area contributed by atoms with Crippen LogP contribution in [0.4, 0.5) is 10.1 Å². The van der Waals surface area contributed by atoms with Gasteiger partial charge in [-0.3, -0.25) is 9.59 Å². The maximum Gasteiger partial charge on any atom is 0.263 e. The van der Waals surface area contributed by atoms with Crippen molar-refractivity contribution in [2.75, 3.05) is 37.6 Å². The maximum atomic E-state index is 14.0. The second kappa shape index (κ2) is 14.9. The summed E-state index contributed by atoms with van der Waals surface area (Å²) in [5, 5.41) is 1.37. The number of rotatable bonds is 14. The van der Waals surface area contributed by atoms with Crippen LogP contribution in [0.2, 0.25) is 0 Å². The second-order valence-corrected chi connectivity index (χ2v) is 10.6. The number of aromatic nitrogens is 1. The van der Waals surface area contributed by atoms with E-state index in [1.54, 1.807) is 62.1 Å². The molecule has 0 bridgehead atoms. The van der Waals surface area contributed by atoms with Crippen LogP contribution in [0.15, 0.2) is 71.7 Å². The van der Waals surface area contributed by atoms with Crippen LogP contribution in [-0.4, -0.2) is 43.2 Å². The van der Waals surface area contributed by atoms with Crippen LogP contribution in [0.25, 0.3) is 16.6 Å². The predicted molar refractivity (Wildman–Crippen MR) is 169 cm³/mol. The molecular weight excluding hydrogens is 603 g/mol. The highest BCUT2D eigenvalue weighted by Gasteiger charge is 2.23. The molecule has 1 aromatic heterocycles. The van der Waals surface area contributed by atoms with Crippen molar-refractivity contribution in [1.29, 1.82) is 0 Å². The Morgan fingerprint density at radius 1 is 0.905 bits per heavy atom. The van der Waals surface area contributed by atoms with Gasteiger partial charge in [0.05, 0.1) is 32.0 Å². The Morgan fingerprint density at radius 3 is 2.29 bits per heavy atom. The third kappa shape index (κ3) is 7.31. The summed E-state index contributed by atoms with van der Waals surface area (Å²) in [5.41, 5.74) is 1.09. The van der Waals surface area contributed by atoms with E-state index in [2.05, 4.69) is 15.9 Å². The summed E-state index contributed by atoms with van der Waals surface area (Å²) in [7, 11) is 3.11. The number of unbranched alkanes of at least 4 members (excludes halogenated alkanes) is 4. The zero-order valence-corrected chi connectivity index (χ0v) is 25.8. The third-order valence-corrected chi connectivity index (χ3v) is 7.61. The molecule has 0 atom stereocenters. The Hall–Kier alpha value is -3.85. The van der Waals surface area contributed by atoms with Gasteiger partial charge >= 0.3 is 0 Å². The van der Waals surface area contributed by atoms with E-state index in [0.29, 0.717) is 46.1 Å². The molecule has 0 saturated carbocycles. The van der Waals surface area contributed by atoms with E-state index < -0.39 is 17.2 Å². The van der Waals surface area contributed by atoms with E-state index in [-0.39, 0.29) is 12.1 Å². The van der Waals surface area contributed by atoms with Crippen molar-refractivity contribution in [1.82, 2.24) is 4.57 Å². The summed E-state index contributed by atoms with van der Waals surface area (Å²) in [6, 6.07) is 16.4. The van der Waals surface area contributed by atoms with Gasteiger partial charge in [-0.2, -0.15) is 0 Å². The van der Waals surface area contributed by atoms with Crippen LogP contribution in [-0.2, 0) is 0 Å². The lowest BCUT2D eigenvalue weighted by atomic mass is 10.1. The molecule has 0 aliphatic heterocycles. The second-order valence-electron chi connectivity index (χ2n) is 9.83. The summed E-state index contributed by atoms with van der Waals surface area (Å²) < 4.78 is 32.8. The van der Waals surface area contributed by atoms with Gasteiger partial charge in [0.15, 0.2) is 0 Å². The van der Waals surface area contributed by atoms with Gasteiger partial charge in [-0.25, -0.2) is 4.39 Å². The number of methoxy groups -OCH3 is 2. The van der Waals surface area contributed by atoms with E-state index in [9.17, 15) is 14.0 Å². The molecule has 0 fully saturated rings. The molecule has 0 saturated heterocycles. The molecule has 4 aromatic rings. The average Bonchev–Trinajstić information content (AvgIpc) is 3.00. The lowest BCUT2D eigenvalue weighted by Crippen LogP contribution is -2.34. The SMILES string of the molecule is CCN(C(=O)c1cn(-c2cc(OC)cc(OC)c2)c2cc(OCCCCCCCBr)ccc2c1=O)c1cccc(F)c1. The van der Waals surface area contributed by atoms with E-state index in [4.69, 9.17) is 14.2 Å². The highest BCUT2D eigenvalue weighted by atomic mass is 79.9. The molecular formula is C33H36BrFN2O5. The van der Waals surface area contributed by atoms with Crippen molar-refractivity contribution in [3.8, 4) is 22.9 Å². The number of halogens is 2. The first-order chi connectivity index (χ1) is 20.4. The van der Waals surface area contributed by atoms with Gasteiger partial charge in [-0.1, -0.05) is 41.3 Å². The first-order valence-corrected chi connectivity index (χ1v) is 15.2. The zero-order valence-electron chi connectivity index (χ0n) is 24.2. The van der Waals surface area contributed by atoms with Crippen molar-refractivity contribution in [2.24, 2.45) is 0 Å². The first-order valence-electron chi connectivity index (χ1n) is 14.1. The minimum absolute atomic E-state index is 0.0486. The number of fused-ring (bicyclic) bond motifs is 1. The largest absolute Gasteiger partial charge is 0.497 e. The number of carbonyl (C=O) groups is 1. The van der Waals surface area contributed by atoms with Gasteiger partial charge in [-0.15, -0.1) is 0 Å². The molecule has 1 amide bonds. The smallest absolute Gasteiger partial charge is 0.263 e. The Labute approximate surface area is 253 Å². The number of carbonyl (C=O) groups excluding carboxylic acids is 1. The predicted octanol–water partition coefficient (Wildman–Crippen LogP) is 7.54. The fraction of sp³-hybridized carbons (Fsp3) is 0.333. The van der Waals surface area contributed by atoms with Crippen LogP contribution < -0.4 is 24.5 Å². The minimum atomic E-state index is -0.529. The summed E-state index contributed by atoms with van der Waals surface area (Å²) in [6.45, 7) is 2.59. The molecule has 0 aliphatic rings. The normalized spacial score (nSPS) is 11.0. The van der Waals surface area contributed by atoms with Gasteiger partial charge in [0.1, 0.15) is 28.6 Å². The zero-order chi connectivity index (χ0) is 30.1. The number of hydrogen-bond acceptors (Lipinski definition) is 5. The lowest BCUT2D eigenvalue weighted by Gasteiger charge is -2.22. The summed E-state index contributed by atoms with van der Waals surface area (Å²) in [5.74, 6) is 0.723. The number of ether oxygens (including phenoxy) is 3. The molecule has 9 heteroatoms. The Kier molecular flexibility index (Phi) is 11.0. The number of benzene rings is 3. The molecule has 4 rings (SSSR count). The van der Waals surface area contributed by atoms with Crippen LogP contribution in [0.5, 0.6) is 17.2 Å². The van der Waals surface area contributed by atoms with Crippen molar-refractivity contribution in [2.45, 2.75) is 39.0 Å². The third-order valence-electron chi connectivity index (χ3n) is 7.05. The van der Waals surface area contributed by atoms with E-state index >= 15 is 0 Å². The molecule has 0 unspecified atom stereocenters. The van der Waals surface area contributed by atoms with Gasteiger partial charge < -0.3 is 23.7 Å². The Morgan fingerprint density at radius 2 is 1.62 bits per heavy atom. The number of pyridine rings is 1. The number of alkyl halides is 1. The lowest BCUT2D eigenvalue weighted by molar-refractivity contribution is 0.0987. The number of anilines is 1. The Balaban J connectivity index is 1.79. The molecule has 7 nitrogen and oxygen atoms in total. The fourth-order valence-corrected chi connectivity index (χ4v) is 5.24. The average molecular weight is 640 g/mol. The molecule has 1 heterocycles. The molecule has 0 spiro atoms. The molecule has 42 heavy (non-hydrogen) atoms. The van der Waals surface area contributed by atoms with Crippen LogP contribution in [0.1, 0.15) is 49.4 Å². The van der Waals surface area contributed by atoms with Crippen LogP contribution in [0.3, 0.4) is 0 Å². The summed E-state index contributed by atoms with van der Waals surface area (Å²) in [4.78, 5) is 29.0. The highest BCUT2D eigenvalue weighted by molar-refractivity contribution is 9.09. The number of amides is 1. The minimum Gasteiger partial charge on any atom is -0.497 e. The van der Waals surface area contributed by atoms with Gasteiger partial charge in [0.25, 0.3) is 5.91 Å². The highest BCUT2D eigenvalue weighted by Crippen LogP contribution is 2.29. The maximum absolute atomic E-state index is 14.0.